The molecule has 94 valence electrons. The van der Waals surface area contributed by atoms with Gasteiger partial charge in [0.2, 0.25) is 0 Å². The molecule has 0 bridgehead atoms. The number of halogens is 1. The summed E-state index contributed by atoms with van der Waals surface area (Å²) in [4.78, 5) is 0. The molecule has 1 aliphatic carbocycles. The molecule has 1 fully saturated rings. The normalized spacial score (nSPS) is 23.4. The van der Waals surface area contributed by atoms with Crippen LogP contribution in [0.5, 0.6) is 0 Å². The summed E-state index contributed by atoms with van der Waals surface area (Å²) < 4.78 is 6.50. The molecule has 2 rings (SSSR count). The summed E-state index contributed by atoms with van der Waals surface area (Å²) in [7, 11) is 0. The highest BCUT2D eigenvalue weighted by Crippen LogP contribution is 2.24. The van der Waals surface area contributed by atoms with Gasteiger partial charge in [0.15, 0.2) is 0 Å². The van der Waals surface area contributed by atoms with E-state index in [1.165, 1.54) is 5.56 Å². The lowest BCUT2D eigenvalue weighted by Gasteiger charge is -2.35. The molecule has 4 heteroatoms. The van der Waals surface area contributed by atoms with Crippen molar-refractivity contribution < 1.29 is 4.74 Å². The van der Waals surface area contributed by atoms with E-state index in [1.54, 1.807) is 0 Å². The highest BCUT2D eigenvalue weighted by Gasteiger charge is 2.28. The van der Waals surface area contributed by atoms with E-state index in [0.717, 1.165) is 36.2 Å². The summed E-state index contributed by atoms with van der Waals surface area (Å²) in [6.45, 7) is 3.76. The zero-order valence-electron chi connectivity index (χ0n) is 10.1. The van der Waals surface area contributed by atoms with Crippen LogP contribution in [0, 0.1) is 0 Å². The third-order valence-electron chi connectivity index (χ3n) is 3.16. The zero-order chi connectivity index (χ0) is 12.3. The van der Waals surface area contributed by atoms with Crippen LogP contribution in [-0.4, -0.2) is 18.8 Å². The van der Waals surface area contributed by atoms with Gasteiger partial charge in [0, 0.05) is 29.4 Å². The number of nitrogen functional groups attached to an aromatic ring is 1. The van der Waals surface area contributed by atoms with Crippen LogP contribution in [-0.2, 0) is 11.3 Å². The van der Waals surface area contributed by atoms with E-state index in [4.69, 9.17) is 10.5 Å². The van der Waals surface area contributed by atoms with Crippen molar-refractivity contribution in [1.82, 2.24) is 5.32 Å². The van der Waals surface area contributed by atoms with Gasteiger partial charge in [0.1, 0.15) is 0 Å². The SMILES string of the molecule is CCOC1CC(NCc2ccc(N)c(Br)c2)C1. The summed E-state index contributed by atoms with van der Waals surface area (Å²) in [5.74, 6) is 0. The number of anilines is 1. The number of nitrogens with one attached hydrogen (secondary N) is 1. The molecule has 0 aromatic heterocycles. The molecule has 3 nitrogen and oxygen atoms in total. The van der Waals surface area contributed by atoms with Crippen molar-refractivity contribution in [2.45, 2.75) is 38.5 Å². The molecule has 17 heavy (non-hydrogen) atoms. The number of nitrogens with two attached hydrogens (primary N) is 1. The lowest BCUT2D eigenvalue weighted by molar-refractivity contribution is -0.0102. The Hall–Kier alpha value is -0.580. The first kappa shape index (κ1) is 12.9. The van der Waals surface area contributed by atoms with Crippen molar-refractivity contribution in [3.63, 3.8) is 0 Å². The summed E-state index contributed by atoms with van der Waals surface area (Å²) in [6, 6.07) is 6.67. The van der Waals surface area contributed by atoms with Gasteiger partial charge in [-0.25, -0.2) is 0 Å². The molecule has 0 heterocycles. The Balaban J connectivity index is 1.74. The van der Waals surface area contributed by atoms with Gasteiger partial charge in [-0.05, 0) is 53.4 Å². The Morgan fingerprint density at radius 3 is 2.88 bits per heavy atom. The van der Waals surface area contributed by atoms with Gasteiger partial charge < -0.3 is 15.8 Å². The number of hydrogen-bond acceptors (Lipinski definition) is 3. The Morgan fingerprint density at radius 2 is 2.24 bits per heavy atom. The van der Waals surface area contributed by atoms with Gasteiger partial charge in [0.05, 0.1) is 6.10 Å². The van der Waals surface area contributed by atoms with Gasteiger partial charge >= 0.3 is 0 Å². The van der Waals surface area contributed by atoms with E-state index in [9.17, 15) is 0 Å². The lowest BCUT2D eigenvalue weighted by atomic mass is 9.89. The first-order valence-corrected chi connectivity index (χ1v) is 6.87. The molecule has 0 unspecified atom stereocenters. The maximum Gasteiger partial charge on any atom is 0.0604 e. The van der Waals surface area contributed by atoms with Gasteiger partial charge in [0.25, 0.3) is 0 Å². The molecule has 1 saturated carbocycles. The van der Waals surface area contributed by atoms with Gasteiger partial charge in [-0.3, -0.25) is 0 Å². The summed E-state index contributed by atoms with van der Waals surface area (Å²) in [5, 5.41) is 3.53. The second-order valence-electron chi connectivity index (χ2n) is 4.48. The summed E-state index contributed by atoms with van der Waals surface area (Å²) >= 11 is 3.44. The minimum absolute atomic E-state index is 0.468. The molecule has 0 saturated heterocycles. The second-order valence-corrected chi connectivity index (χ2v) is 5.34. The summed E-state index contributed by atoms with van der Waals surface area (Å²) in [5.41, 5.74) is 7.79. The van der Waals surface area contributed by atoms with Crippen molar-refractivity contribution in [3.05, 3.63) is 28.2 Å². The number of benzene rings is 1. The first-order valence-electron chi connectivity index (χ1n) is 6.08. The Labute approximate surface area is 111 Å². The van der Waals surface area contributed by atoms with Crippen LogP contribution in [0.2, 0.25) is 0 Å². The maximum atomic E-state index is 5.75. The molecule has 1 aromatic rings. The van der Waals surface area contributed by atoms with Crippen LogP contribution in [0.25, 0.3) is 0 Å². The van der Waals surface area contributed by atoms with Gasteiger partial charge in [-0.2, -0.15) is 0 Å². The smallest absolute Gasteiger partial charge is 0.0604 e. The van der Waals surface area contributed by atoms with Crippen LogP contribution >= 0.6 is 15.9 Å². The minimum atomic E-state index is 0.468. The molecule has 0 spiro atoms. The van der Waals surface area contributed by atoms with E-state index >= 15 is 0 Å². The van der Waals surface area contributed by atoms with Crippen molar-refractivity contribution in [2.24, 2.45) is 0 Å². The van der Waals surface area contributed by atoms with Crippen molar-refractivity contribution in [3.8, 4) is 0 Å². The molecule has 3 N–H and O–H groups in total. The molecule has 0 amide bonds. The topological polar surface area (TPSA) is 47.3 Å². The van der Waals surface area contributed by atoms with Crippen LogP contribution in [0.1, 0.15) is 25.3 Å². The second kappa shape index (κ2) is 5.85. The van der Waals surface area contributed by atoms with Crippen molar-refractivity contribution >= 4 is 21.6 Å². The number of hydrogen-bond donors (Lipinski definition) is 2. The maximum absolute atomic E-state index is 5.75. The largest absolute Gasteiger partial charge is 0.398 e. The minimum Gasteiger partial charge on any atom is -0.398 e. The van der Waals surface area contributed by atoms with Crippen LogP contribution in [0.4, 0.5) is 5.69 Å². The molecule has 1 aromatic carbocycles. The van der Waals surface area contributed by atoms with E-state index in [1.807, 2.05) is 13.0 Å². The standard InChI is InChI=1S/C13H19BrN2O/c1-2-17-11-6-10(7-11)16-8-9-3-4-13(15)12(14)5-9/h3-5,10-11,16H,2,6-8,15H2,1H3. The predicted octanol–water partition coefficient (Wildman–Crippen LogP) is 2.69. The number of ether oxygens (including phenoxy) is 1. The average molecular weight is 299 g/mol. The molecular weight excluding hydrogens is 280 g/mol. The fourth-order valence-corrected chi connectivity index (χ4v) is 2.47. The van der Waals surface area contributed by atoms with Gasteiger partial charge in [-0.15, -0.1) is 0 Å². The predicted molar refractivity (Wildman–Crippen MR) is 73.8 cm³/mol. The lowest BCUT2D eigenvalue weighted by Crippen LogP contribution is -2.45. The summed E-state index contributed by atoms with van der Waals surface area (Å²) in [6.07, 6.45) is 2.73. The average Bonchev–Trinajstić information content (AvgIpc) is 2.26. The third-order valence-corrected chi connectivity index (χ3v) is 3.84. The van der Waals surface area contributed by atoms with Crippen LogP contribution in [0.15, 0.2) is 22.7 Å². The first-order chi connectivity index (χ1) is 8.19. The fraction of sp³-hybridized carbons (Fsp3) is 0.538. The van der Waals surface area contributed by atoms with Crippen molar-refractivity contribution in [2.75, 3.05) is 12.3 Å². The van der Waals surface area contributed by atoms with Crippen LogP contribution in [0.3, 0.4) is 0 Å². The van der Waals surface area contributed by atoms with Crippen molar-refractivity contribution in [1.29, 1.82) is 0 Å². The van der Waals surface area contributed by atoms with E-state index in [-0.39, 0.29) is 0 Å². The quantitative estimate of drug-likeness (QED) is 0.822. The molecular formula is C13H19BrN2O. The molecule has 1 aliphatic rings. The number of rotatable bonds is 5. The Bertz CT molecular complexity index is 378. The molecule has 0 aliphatic heterocycles. The Morgan fingerprint density at radius 1 is 1.47 bits per heavy atom. The van der Waals surface area contributed by atoms with Crippen LogP contribution < -0.4 is 11.1 Å². The third kappa shape index (κ3) is 3.44. The fourth-order valence-electron chi connectivity index (χ4n) is 2.05. The highest BCUT2D eigenvalue weighted by molar-refractivity contribution is 9.10. The monoisotopic (exact) mass is 298 g/mol. The highest BCUT2D eigenvalue weighted by atomic mass is 79.9. The Kier molecular flexibility index (Phi) is 4.42. The zero-order valence-corrected chi connectivity index (χ0v) is 11.7. The van der Waals surface area contributed by atoms with E-state index in [0.29, 0.717) is 12.1 Å². The van der Waals surface area contributed by atoms with E-state index in [2.05, 4.69) is 33.4 Å². The molecule has 0 radical (unpaired) electrons. The van der Waals surface area contributed by atoms with E-state index < -0.39 is 0 Å². The molecule has 0 atom stereocenters. The van der Waals surface area contributed by atoms with Gasteiger partial charge in [-0.1, -0.05) is 6.07 Å².